The van der Waals surface area contributed by atoms with Gasteiger partial charge in [-0.15, -0.1) is 0 Å². The van der Waals surface area contributed by atoms with E-state index < -0.39 is 0 Å². The van der Waals surface area contributed by atoms with E-state index in [4.69, 9.17) is 0 Å². The van der Waals surface area contributed by atoms with Crippen molar-refractivity contribution in [3.63, 3.8) is 0 Å². The second-order valence-electron chi connectivity index (χ2n) is 4.58. The van der Waals surface area contributed by atoms with E-state index in [9.17, 15) is 4.39 Å². The van der Waals surface area contributed by atoms with Gasteiger partial charge in [-0.25, -0.2) is 14.4 Å². The van der Waals surface area contributed by atoms with Gasteiger partial charge in [0.25, 0.3) is 0 Å². The van der Waals surface area contributed by atoms with E-state index in [0.717, 1.165) is 17.2 Å². The van der Waals surface area contributed by atoms with Crippen molar-refractivity contribution in [3.05, 3.63) is 48.7 Å². The summed E-state index contributed by atoms with van der Waals surface area (Å²) in [6, 6.07) is 6.48. The van der Waals surface area contributed by atoms with Crippen molar-refractivity contribution in [1.29, 1.82) is 0 Å². The van der Waals surface area contributed by atoms with Crippen molar-refractivity contribution in [3.8, 4) is 0 Å². The Kier molecular flexibility index (Phi) is 3.43. The number of rotatable bonds is 4. The van der Waals surface area contributed by atoms with Gasteiger partial charge in [0.15, 0.2) is 11.5 Å². The summed E-state index contributed by atoms with van der Waals surface area (Å²) in [7, 11) is 1.81. The first-order valence-corrected chi connectivity index (χ1v) is 6.77. The van der Waals surface area contributed by atoms with Gasteiger partial charge in [0, 0.05) is 31.7 Å². The van der Waals surface area contributed by atoms with Gasteiger partial charge in [-0.05, 0) is 25.1 Å². The van der Waals surface area contributed by atoms with E-state index in [1.807, 2.05) is 41.7 Å². The fourth-order valence-electron chi connectivity index (χ4n) is 2.32. The minimum Gasteiger partial charge on any atom is -0.372 e. The Morgan fingerprint density at radius 1 is 1.38 bits per heavy atom. The molecule has 0 radical (unpaired) electrons. The van der Waals surface area contributed by atoms with Crippen molar-refractivity contribution in [2.75, 3.05) is 23.8 Å². The molecule has 3 rings (SSSR count). The molecular weight excluding hydrogens is 269 g/mol. The number of hydrogen-bond acceptors (Lipinski definition) is 4. The minimum absolute atomic E-state index is 0.268. The van der Waals surface area contributed by atoms with Gasteiger partial charge in [0.2, 0.25) is 0 Å². The molecule has 6 heteroatoms. The van der Waals surface area contributed by atoms with Crippen LogP contribution >= 0.6 is 0 Å². The van der Waals surface area contributed by atoms with Crippen LogP contribution in [-0.4, -0.2) is 28.0 Å². The summed E-state index contributed by atoms with van der Waals surface area (Å²) in [6.07, 6.45) is 5.45. The molecule has 5 nitrogen and oxygen atoms in total. The van der Waals surface area contributed by atoms with Crippen molar-refractivity contribution < 1.29 is 4.39 Å². The molecule has 3 aromatic rings. The molecule has 0 aliphatic rings. The number of aromatic nitrogens is 3. The van der Waals surface area contributed by atoms with E-state index in [-0.39, 0.29) is 5.82 Å². The predicted molar refractivity (Wildman–Crippen MR) is 81.6 cm³/mol. The molecule has 1 aromatic carbocycles. The van der Waals surface area contributed by atoms with Crippen LogP contribution in [0.25, 0.3) is 5.65 Å². The molecule has 0 unspecified atom stereocenters. The van der Waals surface area contributed by atoms with Crippen LogP contribution in [0.1, 0.15) is 6.92 Å². The van der Waals surface area contributed by atoms with Gasteiger partial charge in [-0.3, -0.25) is 0 Å². The summed E-state index contributed by atoms with van der Waals surface area (Å²) in [6.45, 7) is 2.66. The first-order chi connectivity index (χ1) is 10.2. The van der Waals surface area contributed by atoms with Crippen LogP contribution < -0.4 is 10.2 Å². The lowest BCUT2D eigenvalue weighted by atomic mass is 10.2. The Morgan fingerprint density at radius 3 is 2.95 bits per heavy atom. The van der Waals surface area contributed by atoms with Gasteiger partial charge >= 0.3 is 0 Å². The Labute approximate surface area is 122 Å². The molecule has 0 atom stereocenters. The zero-order valence-corrected chi connectivity index (χ0v) is 11.9. The molecule has 2 aromatic heterocycles. The lowest BCUT2D eigenvalue weighted by Crippen LogP contribution is -2.19. The van der Waals surface area contributed by atoms with Gasteiger partial charge in [0.1, 0.15) is 11.6 Å². The second-order valence-corrected chi connectivity index (χ2v) is 4.58. The lowest BCUT2D eigenvalue weighted by Gasteiger charge is -2.23. The number of anilines is 3. The van der Waals surface area contributed by atoms with Crippen LogP contribution in [0.2, 0.25) is 0 Å². The van der Waals surface area contributed by atoms with E-state index in [0.29, 0.717) is 12.4 Å². The number of halogens is 1. The number of benzene rings is 1. The highest BCUT2D eigenvalue weighted by molar-refractivity contribution is 5.73. The van der Waals surface area contributed by atoms with E-state index in [2.05, 4.69) is 15.3 Å². The average molecular weight is 285 g/mol. The summed E-state index contributed by atoms with van der Waals surface area (Å²) < 4.78 is 15.4. The topological polar surface area (TPSA) is 45.5 Å². The summed E-state index contributed by atoms with van der Waals surface area (Å²) in [5.41, 5.74) is 1.49. The third-order valence-electron chi connectivity index (χ3n) is 3.30. The average Bonchev–Trinajstić information content (AvgIpc) is 2.96. The standard InChI is InChI=1S/C15H16FN5/c1-3-21(12-6-4-5-11(16)9-12)15-14-18-7-8-20(14)10-13(17-2)19-15/h4-10,17H,3H2,1-2H3. The van der Waals surface area contributed by atoms with Gasteiger partial charge < -0.3 is 14.6 Å². The van der Waals surface area contributed by atoms with Crippen LogP contribution in [0.5, 0.6) is 0 Å². The molecule has 0 saturated carbocycles. The van der Waals surface area contributed by atoms with Crippen molar-refractivity contribution in [2.45, 2.75) is 6.92 Å². The molecule has 2 heterocycles. The summed E-state index contributed by atoms with van der Waals surface area (Å²) in [5, 5.41) is 3.03. The first-order valence-electron chi connectivity index (χ1n) is 6.77. The Morgan fingerprint density at radius 2 is 2.24 bits per heavy atom. The summed E-state index contributed by atoms with van der Waals surface area (Å²) in [4.78, 5) is 10.9. The minimum atomic E-state index is -0.268. The Hall–Kier alpha value is -2.63. The van der Waals surface area contributed by atoms with Crippen LogP contribution in [0.3, 0.4) is 0 Å². The largest absolute Gasteiger partial charge is 0.372 e. The second kappa shape index (κ2) is 5.40. The summed E-state index contributed by atoms with van der Waals surface area (Å²) in [5.74, 6) is 1.15. The Bertz CT molecular complexity index is 768. The highest BCUT2D eigenvalue weighted by atomic mass is 19.1. The van der Waals surface area contributed by atoms with Crippen molar-refractivity contribution in [1.82, 2.24) is 14.4 Å². The third kappa shape index (κ3) is 2.40. The molecule has 108 valence electrons. The molecule has 1 N–H and O–H groups in total. The van der Waals surface area contributed by atoms with Crippen molar-refractivity contribution >= 4 is 23.0 Å². The van der Waals surface area contributed by atoms with E-state index in [1.54, 1.807) is 12.3 Å². The molecule has 0 bridgehead atoms. The number of nitrogens with one attached hydrogen (secondary N) is 1. The quantitative estimate of drug-likeness (QED) is 0.800. The first kappa shape index (κ1) is 13.4. The summed E-state index contributed by atoms with van der Waals surface area (Å²) >= 11 is 0. The van der Waals surface area contributed by atoms with Gasteiger partial charge in [-0.1, -0.05) is 6.07 Å². The Balaban J connectivity index is 2.18. The zero-order valence-electron chi connectivity index (χ0n) is 11.9. The zero-order chi connectivity index (χ0) is 14.8. The highest BCUT2D eigenvalue weighted by Crippen LogP contribution is 2.28. The van der Waals surface area contributed by atoms with Crippen LogP contribution in [0.15, 0.2) is 42.9 Å². The van der Waals surface area contributed by atoms with Crippen LogP contribution in [-0.2, 0) is 0 Å². The SMILES string of the molecule is CCN(c1cccc(F)c1)c1nc(NC)cn2ccnc12. The fourth-order valence-corrected chi connectivity index (χ4v) is 2.32. The maximum Gasteiger partial charge on any atom is 0.180 e. The van der Waals surface area contributed by atoms with Crippen molar-refractivity contribution in [2.24, 2.45) is 0 Å². The molecule has 21 heavy (non-hydrogen) atoms. The number of nitrogens with zero attached hydrogens (tertiary/aromatic N) is 4. The fraction of sp³-hybridized carbons (Fsp3) is 0.200. The number of imidazole rings is 1. The normalized spacial score (nSPS) is 10.8. The predicted octanol–water partition coefficient (Wildman–Crippen LogP) is 3.07. The number of fused-ring (bicyclic) bond motifs is 1. The molecule has 0 saturated heterocycles. The molecule has 0 aliphatic heterocycles. The lowest BCUT2D eigenvalue weighted by molar-refractivity contribution is 0.627. The van der Waals surface area contributed by atoms with Gasteiger partial charge in [0.05, 0.1) is 6.20 Å². The van der Waals surface area contributed by atoms with E-state index in [1.165, 1.54) is 12.1 Å². The molecule has 0 aliphatic carbocycles. The van der Waals surface area contributed by atoms with E-state index >= 15 is 0 Å². The van der Waals surface area contributed by atoms with Crippen LogP contribution in [0, 0.1) is 5.82 Å². The van der Waals surface area contributed by atoms with Crippen LogP contribution in [0.4, 0.5) is 21.7 Å². The highest BCUT2D eigenvalue weighted by Gasteiger charge is 2.15. The maximum absolute atomic E-state index is 13.5. The smallest absolute Gasteiger partial charge is 0.180 e. The molecule has 0 fully saturated rings. The number of hydrogen-bond donors (Lipinski definition) is 1. The molecular formula is C15H16FN5. The van der Waals surface area contributed by atoms with Gasteiger partial charge in [-0.2, -0.15) is 0 Å². The molecule has 0 spiro atoms. The maximum atomic E-state index is 13.5. The third-order valence-corrected chi connectivity index (χ3v) is 3.30. The molecule has 0 amide bonds. The monoisotopic (exact) mass is 285 g/mol.